The lowest BCUT2D eigenvalue weighted by atomic mass is 10.1. The second-order valence-corrected chi connectivity index (χ2v) is 6.80. The highest BCUT2D eigenvalue weighted by Crippen LogP contribution is 2.46. The standard InChI is InChI=1S/C17H16ClF3N4/c1-10-9-13(12-3-2-7-22-16(12)18)23-14-6-8-24(25(10)14)15(11-4-5-11)17(19,20)21/h2-3,6-7,9,11,15H,4-5,8H2,1H3. The van der Waals surface area contributed by atoms with Crippen LogP contribution in [0.1, 0.15) is 25.3 Å². The summed E-state index contributed by atoms with van der Waals surface area (Å²) in [6.45, 7) is 1.98. The predicted octanol–water partition coefficient (Wildman–Crippen LogP) is 4.16. The molecule has 0 spiro atoms. The second-order valence-electron chi connectivity index (χ2n) is 6.44. The third-order valence-electron chi connectivity index (χ3n) is 4.61. The van der Waals surface area contributed by atoms with E-state index in [2.05, 4.69) is 9.98 Å². The Bertz CT molecular complexity index is 795. The third-order valence-corrected chi connectivity index (χ3v) is 4.91. The number of halogens is 4. The number of hydrazine groups is 1. The molecule has 0 radical (unpaired) electrons. The Kier molecular flexibility index (Phi) is 3.88. The normalized spacial score (nSPS) is 22.3. The lowest BCUT2D eigenvalue weighted by Crippen LogP contribution is -2.52. The number of allylic oxidation sites excluding steroid dienone is 2. The smallest absolute Gasteiger partial charge is 0.261 e. The molecule has 2 aliphatic heterocycles. The molecule has 1 atom stereocenters. The highest BCUT2D eigenvalue weighted by atomic mass is 35.5. The molecular formula is C17H16ClF3N4. The molecular weight excluding hydrogens is 353 g/mol. The molecule has 1 saturated carbocycles. The molecule has 0 N–H and O–H groups in total. The molecule has 25 heavy (non-hydrogen) atoms. The zero-order chi connectivity index (χ0) is 17.8. The van der Waals surface area contributed by atoms with Crippen molar-refractivity contribution in [1.29, 1.82) is 0 Å². The number of hydrogen-bond donors (Lipinski definition) is 0. The largest absolute Gasteiger partial charge is 0.406 e. The number of rotatable bonds is 3. The quantitative estimate of drug-likeness (QED) is 0.751. The SMILES string of the molecule is CC1=CC(c2cccnc2Cl)=NC2=CCN(C(C3CC3)C(F)(F)F)N12. The van der Waals surface area contributed by atoms with Crippen molar-refractivity contribution in [3.63, 3.8) is 0 Å². The van der Waals surface area contributed by atoms with Crippen molar-refractivity contribution in [3.8, 4) is 0 Å². The van der Waals surface area contributed by atoms with Gasteiger partial charge in [0.25, 0.3) is 0 Å². The summed E-state index contributed by atoms with van der Waals surface area (Å²) in [7, 11) is 0. The van der Waals surface area contributed by atoms with Gasteiger partial charge in [-0.3, -0.25) is 5.01 Å². The lowest BCUT2D eigenvalue weighted by Gasteiger charge is -2.39. The van der Waals surface area contributed by atoms with Crippen LogP contribution in [-0.2, 0) is 0 Å². The molecule has 132 valence electrons. The van der Waals surface area contributed by atoms with Gasteiger partial charge >= 0.3 is 6.18 Å². The molecule has 1 fully saturated rings. The number of aliphatic imine (C=N–C) groups is 1. The van der Waals surface area contributed by atoms with E-state index in [0.717, 1.165) is 0 Å². The number of fused-ring (bicyclic) bond motifs is 1. The van der Waals surface area contributed by atoms with Crippen LogP contribution >= 0.6 is 11.6 Å². The van der Waals surface area contributed by atoms with Gasteiger partial charge in [0.1, 0.15) is 17.0 Å². The Morgan fingerprint density at radius 2 is 2.08 bits per heavy atom. The van der Waals surface area contributed by atoms with E-state index in [1.54, 1.807) is 42.4 Å². The fourth-order valence-corrected chi connectivity index (χ4v) is 3.63. The summed E-state index contributed by atoms with van der Waals surface area (Å²) in [6.07, 6.45) is 2.03. The maximum absolute atomic E-state index is 13.6. The van der Waals surface area contributed by atoms with Gasteiger partial charge in [-0.05, 0) is 50.0 Å². The third kappa shape index (κ3) is 2.95. The molecule has 0 saturated heterocycles. The molecule has 0 aromatic carbocycles. The average Bonchev–Trinajstić information content (AvgIpc) is 3.26. The summed E-state index contributed by atoms with van der Waals surface area (Å²) in [5.41, 5.74) is 1.95. The van der Waals surface area contributed by atoms with Crippen LogP contribution < -0.4 is 0 Å². The highest BCUT2D eigenvalue weighted by molar-refractivity contribution is 6.34. The van der Waals surface area contributed by atoms with E-state index in [1.165, 1.54) is 5.01 Å². The summed E-state index contributed by atoms with van der Waals surface area (Å²) >= 11 is 6.12. The highest BCUT2D eigenvalue weighted by Gasteiger charge is 2.54. The van der Waals surface area contributed by atoms with Gasteiger partial charge in [0.05, 0.1) is 5.71 Å². The first-order valence-electron chi connectivity index (χ1n) is 8.07. The summed E-state index contributed by atoms with van der Waals surface area (Å²) in [5.74, 6) is 0.170. The van der Waals surface area contributed by atoms with Gasteiger partial charge in [-0.25, -0.2) is 9.98 Å². The van der Waals surface area contributed by atoms with Crippen LogP contribution in [0.3, 0.4) is 0 Å². The monoisotopic (exact) mass is 368 g/mol. The van der Waals surface area contributed by atoms with E-state index in [4.69, 9.17) is 11.6 Å². The minimum Gasteiger partial charge on any atom is -0.261 e. The van der Waals surface area contributed by atoms with Gasteiger partial charge in [-0.15, -0.1) is 0 Å². The topological polar surface area (TPSA) is 31.7 Å². The Morgan fingerprint density at radius 1 is 1.32 bits per heavy atom. The number of hydrogen-bond acceptors (Lipinski definition) is 4. The number of pyridine rings is 1. The van der Waals surface area contributed by atoms with Crippen molar-refractivity contribution < 1.29 is 13.2 Å². The van der Waals surface area contributed by atoms with E-state index >= 15 is 0 Å². The predicted molar refractivity (Wildman–Crippen MR) is 88.7 cm³/mol. The first kappa shape index (κ1) is 16.6. The van der Waals surface area contributed by atoms with Gasteiger partial charge in [-0.1, -0.05) is 11.6 Å². The van der Waals surface area contributed by atoms with E-state index < -0.39 is 12.2 Å². The van der Waals surface area contributed by atoms with E-state index in [-0.39, 0.29) is 12.5 Å². The minimum absolute atomic E-state index is 0.193. The molecule has 0 amide bonds. The van der Waals surface area contributed by atoms with Gasteiger partial charge in [0, 0.05) is 24.0 Å². The van der Waals surface area contributed by atoms with Crippen LogP contribution in [0.2, 0.25) is 5.15 Å². The molecule has 8 heteroatoms. The fourth-order valence-electron chi connectivity index (χ4n) is 3.41. The molecule has 1 aliphatic carbocycles. The molecule has 4 rings (SSSR count). The molecule has 3 heterocycles. The van der Waals surface area contributed by atoms with Crippen molar-refractivity contribution in [3.05, 3.63) is 52.7 Å². The van der Waals surface area contributed by atoms with Crippen LogP contribution in [0, 0.1) is 5.92 Å². The van der Waals surface area contributed by atoms with Crippen molar-refractivity contribution in [2.75, 3.05) is 6.54 Å². The van der Waals surface area contributed by atoms with Crippen LogP contribution in [0.15, 0.2) is 47.0 Å². The lowest BCUT2D eigenvalue weighted by molar-refractivity contribution is -0.212. The summed E-state index contributed by atoms with van der Waals surface area (Å²) in [5, 5.41) is 3.27. The summed E-state index contributed by atoms with van der Waals surface area (Å²) in [4.78, 5) is 8.55. The van der Waals surface area contributed by atoms with Crippen molar-refractivity contribution in [2.24, 2.45) is 10.9 Å². The van der Waals surface area contributed by atoms with Crippen LogP contribution in [0.5, 0.6) is 0 Å². The zero-order valence-corrected chi connectivity index (χ0v) is 14.2. The molecule has 3 aliphatic rings. The Morgan fingerprint density at radius 3 is 2.72 bits per heavy atom. The van der Waals surface area contributed by atoms with Crippen molar-refractivity contribution in [2.45, 2.75) is 32.0 Å². The molecule has 0 bridgehead atoms. The number of aromatic nitrogens is 1. The van der Waals surface area contributed by atoms with Gasteiger partial charge < -0.3 is 0 Å². The molecule has 1 aromatic rings. The summed E-state index contributed by atoms with van der Waals surface area (Å²) < 4.78 is 40.7. The number of alkyl halides is 3. The molecule has 1 unspecified atom stereocenters. The fraction of sp³-hybridized carbons (Fsp3) is 0.412. The van der Waals surface area contributed by atoms with Gasteiger partial charge in [0.2, 0.25) is 0 Å². The van der Waals surface area contributed by atoms with Gasteiger partial charge in [0.15, 0.2) is 0 Å². The van der Waals surface area contributed by atoms with Gasteiger partial charge in [-0.2, -0.15) is 18.2 Å². The minimum atomic E-state index is -4.26. The van der Waals surface area contributed by atoms with Crippen LogP contribution in [0.25, 0.3) is 0 Å². The zero-order valence-electron chi connectivity index (χ0n) is 13.5. The summed E-state index contributed by atoms with van der Waals surface area (Å²) in [6, 6.07) is 2.08. The number of nitrogens with zero attached hydrogens (tertiary/aromatic N) is 4. The molecule has 1 aromatic heterocycles. The van der Waals surface area contributed by atoms with Crippen molar-refractivity contribution in [1.82, 2.24) is 15.0 Å². The van der Waals surface area contributed by atoms with Crippen LogP contribution in [0.4, 0.5) is 13.2 Å². The van der Waals surface area contributed by atoms with E-state index in [9.17, 15) is 13.2 Å². The second kappa shape index (κ2) is 5.85. The van der Waals surface area contributed by atoms with Crippen LogP contribution in [-0.4, -0.2) is 39.5 Å². The Balaban J connectivity index is 1.66. The molecule has 4 nitrogen and oxygen atoms in total. The first-order chi connectivity index (χ1) is 11.9. The maximum atomic E-state index is 13.6. The van der Waals surface area contributed by atoms with E-state index in [0.29, 0.717) is 40.8 Å². The van der Waals surface area contributed by atoms with E-state index in [1.807, 2.05) is 0 Å². The Labute approximate surface area is 148 Å². The average molecular weight is 369 g/mol. The van der Waals surface area contributed by atoms with Crippen molar-refractivity contribution >= 4 is 17.3 Å². The first-order valence-corrected chi connectivity index (χ1v) is 8.45. The maximum Gasteiger partial charge on any atom is 0.406 e. The Hall–Kier alpha value is -1.86.